The highest BCUT2D eigenvalue weighted by molar-refractivity contribution is 5.74. The largest absolute Gasteiger partial charge is 0.479 e. The lowest BCUT2D eigenvalue weighted by atomic mass is 9.98. The van der Waals surface area contributed by atoms with E-state index in [0.29, 0.717) is 19.3 Å². The molecule has 3 N–H and O–H groups in total. The lowest BCUT2D eigenvalue weighted by Gasteiger charge is -2.40. The van der Waals surface area contributed by atoms with Gasteiger partial charge in [0.05, 0.1) is 6.61 Å². The third kappa shape index (κ3) is 39.0. The molecule has 0 aliphatic carbocycles. The number of carbonyl (C=O) groups is 4. The number of hydrogen-bond donors (Lipinski definition) is 3. The molecule has 6 unspecified atom stereocenters. The quantitative estimate of drug-likeness (QED) is 0.0228. The van der Waals surface area contributed by atoms with Gasteiger partial charge < -0.3 is 39.0 Å². The Morgan fingerprint density at radius 2 is 0.863 bits per heavy atom. The normalized spacial score (nSPS) is 18.9. The zero-order valence-corrected chi connectivity index (χ0v) is 45.6. The lowest BCUT2D eigenvalue weighted by Crippen LogP contribution is -2.61. The summed E-state index contributed by atoms with van der Waals surface area (Å²) in [4.78, 5) is 51.0. The fraction of sp³-hybridized carbons (Fsp3) is 0.705. The number of carboxylic acid groups (broad SMARTS) is 1. The van der Waals surface area contributed by atoms with Crippen LogP contribution in [0, 0.1) is 0 Å². The van der Waals surface area contributed by atoms with Crippen molar-refractivity contribution in [1.82, 2.24) is 0 Å². The van der Waals surface area contributed by atoms with Crippen LogP contribution in [-0.2, 0) is 42.9 Å². The van der Waals surface area contributed by atoms with Crippen molar-refractivity contribution >= 4 is 23.9 Å². The molecule has 416 valence electrons. The van der Waals surface area contributed by atoms with Gasteiger partial charge in [-0.1, -0.05) is 202 Å². The van der Waals surface area contributed by atoms with Crippen molar-refractivity contribution in [2.75, 3.05) is 13.2 Å². The van der Waals surface area contributed by atoms with E-state index < -0.39 is 67.3 Å². The van der Waals surface area contributed by atoms with Crippen molar-refractivity contribution in [3.8, 4) is 0 Å². The number of aliphatic hydroxyl groups is 2. The molecule has 1 saturated heterocycles. The van der Waals surface area contributed by atoms with Crippen molar-refractivity contribution in [2.45, 2.75) is 263 Å². The average Bonchev–Trinajstić information content (AvgIpc) is 3.37. The van der Waals surface area contributed by atoms with Gasteiger partial charge in [0, 0.05) is 19.3 Å². The van der Waals surface area contributed by atoms with Crippen LogP contribution in [0.1, 0.15) is 226 Å². The van der Waals surface area contributed by atoms with Gasteiger partial charge in [-0.3, -0.25) is 14.4 Å². The number of hydrogen-bond acceptors (Lipinski definition) is 11. The minimum atomic E-state index is -1.91. The van der Waals surface area contributed by atoms with E-state index in [9.17, 15) is 34.5 Å². The summed E-state index contributed by atoms with van der Waals surface area (Å²) in [5.41, 5.74) is 0. The Bertz CT molecular complexity index is 1590. The van der Waals surface area contributed by atoms with Crippen LogP contribution < -0.4 is 0 Å². The SMILES string of the molecule is CC/C=C\C/C=C\C/C=C\C/C=C\CCCCCCCCC(=O)OC1C(OCC(COC(=O)CCCCCCC/C=C\C/C=C\C/C=C\CC)OC(=O)CCCCCCCCCCC)OC(C(=O)O)C(O)C1O. The molecule has 12 nitrogen and oxygen atoms in total. The second-order valence-electron chi connectivity index (χ2n) is 19.2. The molecular formula is C61H100O12. The molecule has 0 spiro atoms. The first-order valence-corrected chi connectivity index (χ1v) is 28.6. The Balaban J connectivity index is 2.67. The highest BCUT2D eigenvalue weighted by atomic mass is 16.7. The fourth-order valence-corrected chi connectivity index (χ4v) is 8.14. The molecule has 0 aromatic carbocycles. The van der Waals surface area contributed by atoms with Gasteiger partial charge in [-0.05, 0) is 89.9 Å². The van der Waals surface area contributed by atoms with Crippen LogP contribution in [0.2, 0.25) is 0 Å². The van der Waals surface area contributed by atoms with Crippen molar-refractivity contribution in [1.29, 1.82) is 0 Å². The molecule has 73 heavy (non-hydrogen) atoms. The molecule has 1 heterocycles. The average molecular weight is 1030 g/mol. The number of rotatable bonds is 47. The zero-order valence-electron chi connectivity index (χ0n) is 45.6. The molecule has 12 heteroatoms. The number of ether oxygens (including phenoxy) is 5. The molecule has 0 amide bonds. The van der Waals surface area contributed by atoms with Gasteiger partial charge >= 0.3 is 23.9 Å². The van der Waals surface area contributed by atoms with Crippen LogP contribution in [0.3, 0.4) is 0 Å². The van der Waals surface area contributed by atoms with E-state index in [2.05, 4.69) is 106 Å². The lowest BCUT2D eigenvalue weighted by molar-refractivity contribution is -0.301. The molecule has 1 fully saturated rings. The second-order valence-corrected chi connectivity index (χ2v) is 19.2. The first-order chi connectivity index (χ1) is 35.6. The summed E-state index contributed by atoms with van der Waals surface area (Å²) in [6.45, 7) is 5.71. The molecule has 6 atom stereocenters. The molecule has 0 saturated carbocycles. The van der Waals surface area contributed by atoms with E-state index in [-0.39, 0.29) is 25.9 Å². The number of allylic oxidation sites excluding steroid dienone is 14. The van der Waals surface area contributed by atoms with E-state index in [1.54, 1.807) is 0 Å². The first kappa shape index (κ1) is 66.9. The zero-order chi connectivity index (χ0) is 53.3. The predicted molar refractivity (Wildman–Crippen MR) is 294 cm³/mol. The van der Waals surface area contributed by atoms with Crippen molar-refractivity contribution < 1.29 is 58.2 Å². The van der Waals surface area contributed by atoms with E-state index >= 15 is 0 Å². The van der Waals surface area contributed by atoms with Crippen molar-refractivity contribution in [2.24, 2.45) is 0 Å². The van der Waals surface area contributed by atoms with E-state index in [4.69, 9.17) is 23.7 Å². The number of aliphatic hydroxyl groups excluding tert-OH is 2. The number of carbonyl (C=O) groups excluding carboxylic acids is 3. The Kier molecular flexibility index (Phi) is 44.7. The number of unbranched alkanes of at least 4 members (excludes halogenated alkanes) is 19. The molecule has 0 aromatic heterocycles. The molecule has 1 rings (SSSR count). The first-order valence-electron chi connectivity index (χ1n) is 28.6. The van der Waals surface area contributed by atoms with Gasteiger partial charge in [0.2, 0.25) is 0 Å². The molecule has 0 aromatic rings. The summed E-state index contributed by atoms with van der Waals surface area (Å²) in [5, 5.41) is 31.4. The van der Waals surface area contributed by atoms with Gasteiger partial charge in [0.15, 0.2) is 24.6 Å². The van der Waals surface area contributed by atoms with Crippen molar-refractivity contribution in [3.05, 3.63) is 85.1 Å². The third-order valence-corrected chi connectivity index (χ3v) is 12.5. The van der Waals surface area contributed by atoms with Crippen molar-refractivity contribution in [3.63, 3.8) is 0 Å². The minimum Gasteiger partial charge on any atom is -0.479 e. The van der Waals surface area contributed by atoms with Crippen LogP contribution in [0.4, 0.5) is 0 Å². The molecule has 1 aliphatic rings. The summed E-state index contributed by atoms with van der Waals surface area (Å²) in [5.74, 6) is -3.16. The number of esters is 3. The summed E-state index contributed by atoms with van der Waals surface area (Å²) in [6.07, 6.45) is 49.9. The monoisotopic (exact) mass is 1020 g/mol. The Morgan fingerprint density at radius 1 is 0.466 bits per heavy atom. The Labute approximate surface area is 441 Å². The van der Waals surface area contributed by atoms with Gasteiger partial charge in [-0.25, -0.2) is 4.79 Å². The third-order valence-electron chi connectivity index (χ3n) is 12.5. The summed E-state index contributed by atoms with van der Waals surface area (Å²) in [7, 11) is 0. The standard InChI is InChI=1S/C61H100O12/c1-4-7-10-13-16-19-21-23-25-26-27-28-30-32-34-37-40-43-46-49-55(64)72-59-57(66)56(65)58(60(67)68)73-61(59)70-51-52(71-54(63)48-45-42-39-35-18-15-12-9-6-3)50-69-53(62)47-44-41-38-36-33-31-29-24-22-20-17-14-11-8-5-2/h7-8,10-11,16-17,19-20,23-25,27-29,52,56-59,61,65-66H,4-6,9,12-15,18,21-22,26,30-51H2,1-3H3,(H,67,68)/b10-7-,11-8-,19-16-,20-17-,25-23-,28-27-,29-24-. The van der Waals surface area contributed by atoms with E-state index in [0.717, 1.165) is 135 Å². The maximum atomic E-state index is 13.1. The molecule has 1 aliphatic heterocycles. The van der Waals surface area contributed by atoms with Gasteiger partial charge in [-0.2, -0.15) is 0 Å². The minimum absolute atomic E-state index is 0.0402. The van der Waals surface area contributed by atoms with Crippen LogP contribution in [0.5, 0.6) is 0 Å². The summed E-state index contributed by atoms with van der Waals surface area (Å²) < 4.78 is 28.3. The maximum absolute atomic E-state index is 13.1. The smallest absolute Gasteiger partial charge is 0.335 e. The number of carboxylic acids is 1. The number of aliphatic carboxylic acids is 1. The van der Waals surface area contributed by atoms with Crippen LogP contribution in [-0.4, -0.2) is 89.2 Å². The van der Waals surface area contributed by atoms with Gasteiger partial charge in [0.1, 0.15) is 18.8 Å². The topological polar surface area (TPSA) is 175 Å². The van der Waals surface area contributed by atoms with Crippen LogP contribution >= 0.6 is 0 Å². The fourth-order valence-electron chi connectivity index (χ4n) is 8.14. The molecular weight excluding hydrogens is 925 g/mol. The Morgan fingerprint density at radius 3 is 1.32 bits per heavy atom. The van der Waals surface area contributed by atoms with Gasteiger partial charge in [0.25, 0.3) is 0 Å². The Hall–Kier alpha value is -4.10. The van der Waals surface area contributed by atoms with Gasteiger partial charge in [-0.15, -0.1) is 0 Å². The molecule has 0 bridgehead atoms. The second kappa shape index (κ2) is 48.8. The molecule has 0 radical (unpaired) electrons. The van der Waals surface area contributed by atoms with Crippen LogP contribution in [0.25, 0.3) is 0 Å². The maximum Gasteiger partial charge on any atom is 0.335 e. The van der Waals surface area contributed by atoms with E-state index in [1.165, 1.54) is 32.1 Å². The highest BCUT2D eigenvalue weighted by Crippen LogP contribution is 2.26. The summed E-state index contributed by atoms with van der Waals surface area (Å²) >= 11 is 0. The predicted octanol–water partition coefficient (Wildman–Crippen LogP) is 14.3. The summed E-state index contributed by atoms with van der Waals surface area (Å²) in [6, 6.07) is 0. The highest BCUT2D eigenvalue weighted by Gasteiger charge is 2.50. The van der Waals surface area contributed by atoms with Crippen LogP contribution in [0.15, 0.2) is 85.1 Å². The van der Waals surface area contributed by atoms with E-state index in [1.807, 2.05) is 0 Å².